The molecule has 2 N–H and O–H groups in total. The molecular formula is C17H36N2O3. The van der Waals surface area contributed by atoms with Gasteiger partial charge in [-0.05, 0) is 26.2 Å². The molecule has 0 heterocycles. The van der Waals surface area contributed by atoms with E-state index in [0.29, 0.717) is 19.1 Å². The highest BCUT2D eigenvalue weighted by Gasteiger charge is 2.13. The van der Waals surface area contributed by atoms with Gasteiger partial charge in [-0.15, -0.1) is 0 Å². The van der Waals surface area contributed by atoms with Crippen LogP contribution in [0.25, 0.3) is 0 Å². The van der Waals surface area contributed by atoms with E-state index in [4.69, 9.17) is 10.5 Å². The molecule has 0 aromatic heterocycles. The number of nitrogens with two attached hydrogens (primary N) is 1. The van der Waals surface area contributed by atoms with Crippen molar-refractivity contribution in [1.29, 1.82) is 0 Å². The molecular weight excluding hydrogens is 280 g/mol. The van der Waals surface area contributed by atoms with E-state index in [1.165, 1.54) is 7.11 Å². The third kappa shape index (κ3) is 12.6. The Labute approximate surface area is 136 Å². The molecule has 0 saturated heterocycles. The summed E-state index contributed by atoms with van der Waals surface area (Å²) in [6.07, 6.45) is 5.77. The van der Waals surface area contributed by atoms with Crippen LogP contribution in [0.4, 0.5) is 0 Å². The van der Waals surface area contributed by atoms with E-state index in [2.05, 4.69) is 16.7 Å². The van der Waals surface area contributed by atoms with Crippen molar-refractivity contribution in [1.82, 2.24) is 0 Å². The lowest BCUT2D eigenvalue weighted by molar-refractivity contribution is -0.142. The monoisotopic (exact) mass is 316 g/mol. The van der Waals surface area contributed by atoms with Gasteiger partial charge in [0.05, 0.1) is 19.8 Å². The number of carbonyl (C=O) groups excluding carboxylic acids is 1. The number of methoxy groups -OCH3 is 1. The van der Waals surface area contributed by atoms with Crippen molar-refractivity contribution in [2.45, 2.75) is 85.2 Å². The van der Waals surface area contributed by atoms with Crippen LogP contribution >= 0.6 is 0 Å². The second-order valence-corrected chi connectivity index (χ2v) is 4.94. The van der Waals surface area contributed by atoms with Crippen LogP contribution < -0.4 is 5.73 Å². The molecule has 0 spiro atoms. The fourth-order valence-electron chi connectivity index (χ4n) is 2.12. The van der Waals surface area contributed by atoms with Crippen LogP contribution in [0.15, 0.2) is 4.99 Å². The summed E-state index contributed by atoms with van der Waals surface area (Å²) in [7, 11) is 1.37. The van der Waals surface area contributed by atoms with E-state index in [9.17, 15) is 4.79 Å². The molecule has 0 fully saturated rings. The van der Waals surface area contributed by atoms with Crippen molar-refractivity contribution in [2.24, 2.45) is 10.7 Å². The van der Waals surface area contributed by atoms with Crippen LogP contribution in [0.2, 0.25) is 0 Å². The first kappa shape index (κ1) is 23.2. The fourth-order valence-corrected chi connectivity index (χ4v) is 2.12. The molecule has 0 aliphatic heterocycles. The van der Waals surface area contributed by atoms with Crippen LogP contribution in [-0.4, -0.2) is 37.7 Å². The largest absolute Gasteiger partial charge is 0.481 e. The second kappa shape index (κ2) is 16.3. The average molecular weight is 316 g/mol. The molecule has 2 unspecified atom stereocenters. The van der Waals surface area contributed by atoms with Crippen LogP contribution in [0, 0.1) is 0 Å². The predicted octanol–water partition coefficient (Wildman–Crippen LogP) is 3.70. The Morgan fingerprint density at radius 3 is 2.23 bits per heavy atom. The van der Waals surface area contributed by atoms with Gasteiger partial charge in [-0.25, -0.2) is 0 Å². The Morgan fingerprint density at radius 2 is 1.73 bits per heavy atom. The van der Waals surface area contributed by atoms with Gasteiger partial charge in [0.1, 0.15) is 6.04 Å². The quantitative estimate of drug-likeness (QED) is 0.289. The van der Waals surface area contributed by atoms with E-state index in [0.717, 1.165) is 38.0 Å². The Hall–Kier alpha value is -1.10. The van der Waals surface area contributed by atoms with Gasteiger partial charge in [0.15, 0.2) is 5.90 Å². The molecule has 0 rings (SSSR count). The number of ether oxygens (including phenoxy) is 2. The molecule has 0 bridgehead atoms. The molecule has 0 amide bonds. The molecule has 5 heteroatoms. The van der Waals surface area contributed by atoms with E-state index in [1.54, 1.807) is 0 Å². The Balaban J connectivity index is 0. The molecule has 0 saturated carbocycles. The summed E-state index contributed by atoms with van der Waals surface area (Å²) in [5.41, 5.74) is 5.70. The summed E-state index contributed by atoms with van der Waals surface area (Å²) in [6.45, 7) is 10.7. The summed E-state index contributed by atoms with van der Waals surface area (Å²) in [4.78, 5) is 15.8. The number of hydrogen-bond acceptors (Lipinski definition) is 5. The first-order chi connectivity index (χ1) is 10.5. The topological polar surface area (TPSA) is 73.9 Å². The van der Waals surface area contributed by atoms with Gasteiger partial charge in [-0.2, -0.15) is 0 Å². The highest BCUT2D eigenvalue weighted by molar-refractivity contribution is 5.75. The van der Waals surface area contributed by atoms with E-state index in [-0.39, 0.29) is 5.97 Å². The van der Waals surface area contributed by atoms with Gasteiger partial charge in [0.25, 0.3) is 0 Å². The number of hydrogen-bond donors (Lipinski definition) is 1. The maximum absolute atomic E-state index is 11.2. The van der Waals surface area contributed by atoms with Crippen molar-refractivity contribution >= 4 is 11.9 Å². The predicted molar refractivity (Wildman–Crippen MR) is 93.2 cm³/mol. The van der Waals surface area contributed by atoms with Gasteiger partial charge in [0, 0.05) is 6.92 Å². The van der Waals surface area contributed by atoms with E-state index < -0.39 is 6.04 Å². The minimum absolute atomic E-state index is 0.306. The standard InChI is InChI=1S/C15H30N2O3.C2H6/c1-5-9-13(17-12(3)20-6-2)10-7-8-11-14(16)15(18)19-4;1-2/h13-14H,5-11,16H2,1-4H3;1-2H3. The third-order valence-electron chi connectivity index (χ3n) is 3.15. The number of carbonyl (C=O) groups is 1. The van der Waals surface area contributed by atoms with Crippen LogP contribution in [-0.2, 0) is 14.3 Å². The summed E-state index contributed by atoms with van der Waals surface area (Å²) in [5.74, 6) is 0.428. The fraction of sp³-hybridized carbons (Fsp3) is 0.882. The minimum Gasteiger partial charge on any atom is -0.481 e. The zero-order valence-corrected chi connectivity index (χ0v) is 15.4. The SMILES string of the molecule is CC.CCCC(CCCCC(N)C(=O)OC)N=C(C)OCC. The van der Waals surface area contributed by atoms with Crippen LogP contribution in [0.3, 0.4) is 0 Å². The summed E-state index contributed by atoms with van der Waals surface area (Å²) in [6, 6.07) is -0.195. The Morgan fingerprint density at radius 1 is 1.14 bits per heavy atom. The lowest BCUT2D eigenvalue weighted by Gasteiger charge is -2.14. The molecule has 2 atom stereocenters. The minimum atomic E-state index is -0.502. The molecule has 0 radical (unpaired) electrons. The molecule has 0 aromatic carbocycles. The maximum Gasteiger partial charge on any atom is 0.322 e. The molecule has 132 valence electrons. The van der Waals surface area contributed by atoms with Gasteiger partial charge < -0.3 is 15.2 Å². The maximum atomic E-state index is 11.2. The van der Waals surface area contributed by atoms with E-state index in [1.807, 2.05) is 27.7 Å². The molecule has 5 nitrogen and oxygen atoms in total. The number of aliphatic imine (C=N–C) groups is 1. The van der Waals surface area contributed by atoms with Gasteiger partial charge in [-0.3, -0.25) is 9.79 Å². The molecule has 22 heavy (non-hydrogen) atoms. The highest BCUT2D eigenvalue weighted by atomic mass is 16.5. The van der Waals surface area contributed by atoms with Crippen molar-refractivity contribution in [3.05, 3.63) is 0 Å². The first-order valence-corrected chi connectivity index (χ1v) is 8.55. The number of esters is 1. The van der Waals surface area contributed by atoms with Crippen molar-refractivity contribution < 1.29 is 14.3 Å². The Bertz CT molecular complexity index is 294. The first-order valence-electron chi connectivity index (χ1n) is 8.55. The Kier molecular flexibility index (Phi) is 17.1. The number of unbranched alkanes of at least 4 members (excludes halogenated alkanes) is 1. The van der Waals surface area contributed by atoms with E-state index >= 15 is 0 Å². The van der Waals surface area contributed by atoms with Gasteiger partial charge >= 0.3 is 5.97 Å². The van der Waals surface area contributed by atoms with Crippen molar-refractivity contribution in [2.75, 3.05) is 13.7 Å². The second-order valence-electron chi connectivity index (χ2n) is 4.94. The average Bonchev–Trinajstić information content (AvgIpc) is 2.52. The summed E-state index contributed by atoms with van der Waals surface area (Å²) in [5, 5.41) is 0. The smallest absolute Gasteiger partial charge is 0.322 e. The van der Waals surface area contributed by atoms with Gasteiger partial charge in [-0.1, -0.05) is 40.0 Å². The van der Waals surface area contributed by atoms with Gasteiger partial charge in [0.2, 0.25) is 0 Å². The normalized spacial score (nSPS) is 13.7. The number of nitrogens with zero attached hydrogens (tertiary/aromatic N) is 1. The van der Waals surface area contributed by atoms with Crippen molar-refractivity contribution in [3.63, 3.8) is 0 Å². The lowest BCUT2D eigenvalue weighted by Crippen LogP contribution is -2.31. The highest BCUT2D eigenvalue weighted by Crippen LogP contribution is 2.13. The van der Waals surface area contributed by atoms with Crippen molar-refractivity contribution in [3.8, 4) is 0 Å². The number of rotatable bonds is 10. The zero-order chi connectivity index (χ0) is 17.4. The van der Waals surface area contributed by atoms with Crippen LogP contribution in [0.1, 0.15) is 73.1 Å². The molecule has 0 aliphatic carbocycles. The summed E-state index contributed by atoms with van der Waals surface area (Å²) >= 11 is 0. The summed E-state index contributed by atoms with van der Waals surface area (Å²) < 4.78 is 9.98. The zero-order valence-electron chi connectivity index (χ0n) is 15.4. The third-order valence-corrected chi connectivity index (χ3v) is 3.15. The molecule has 0 aliphatic rings. The molecule has 0 aromatic rings. The van der Waals surface area contributed by atoms with Crippen LogP contribution in [0.5, 0.6) is 0 Å². The lowest BCUT2D eigenvalue weighted by atomic mass is 10.0.